The van der Waals surface area contributed by atoms with Crippen molar-refractivity contribution in [3.63, 3.8) is 0 Å². The predicted octanol–water partition coefficient (Wildman–Crippen LogP) is 2.26. The van der Waals surface area contributed by atoms with Gasteiger partial charge in [-0.3, -0.25) is 4.79 Å². The molecule has 0 atom stereocenters. The molecule has 0 fully saturated rings. The molecule has 0 saturated carbocycles. The Morgan fingerprint density at radius 3 is 1.86 bits per heavy atom. The smallest absolute Gasteiger partial charge is 0.303 e. The predicted molar refractivity (Wildman–Crippen MR) is 109 cm³/mol. The van der Waals surface area contributed by atoms with E-state index in [4.69, 9.17) is 4.74 Å². The highest BCUT2D eigenvalue weighted by Crippen LogP contribution is 2.12. The zero-order valence-electron chi connectivity index (χ0n) is 18.4. The first-order chi connectivity index (χ1) is 13.1. The lowest BCUT2D eigenvalue weighted by Gasteiger charge is -2.02. The Hall–Kier alpha value is -0.660. The lowest BCUT2D eigenvalue weighted by atomic mass is 10.0. The third kappa shape index (κ3) is 14.4. The molecule has 0 aliphatic carbocycles. The largest absolute Gasteiger partial charge is 1.00 e. The van der Waals surface area contributed by atoms with Gasteiger partial charge in [0.1, 0.15) is 13.6 Å². The van der Waals surface area contributed by atoms with E-state index in [0.29, 0.717) is 6.61 Å². The van der Waals surface area contributed by atoms with Gasteiger partial charge in [-0.05, 0) is 12.8 Å². The van der Waals surface area contributed by atoms with Gasteiger partial charge in [0.15, 0.2) is 12.8 Å². The first kappa shape index (κ1) is 27.3. The average Bonchev–Trinajstić information content (AvgIpc) is 3.00. The quantitative estimate of drug-likeness (QED) is 0.141. The molecule has 1 aromatic rings. The molecule has 6 heteroatoms. The van der Waals surface area contributed by atoms with Crippen LogP contribution in [0.15, 0.2) is 6.20 Å². The molecule has 0 unspecified atom stereocenters. The van der Waals surface area contributed by atoms with Gasteiger partial charge in [-0.2, -0.15) is 0 Å². The molecule has 0 aliphatic rings. The fourth-order valence-electron chi connectivity index (χ4n) is 3.40. The van der Waals surface area contributed by atoms with Gasteiger partial charge in [0.05, 0.1) is 5.21 Å². The highest BCUT2D eigenvalue weighted by Gasteiger charge is 2.13. The Labute approximate surface area is 189 Å². The zero-order chi connectivity index (χ0) is 19.7. The Kier molecular flexibility index (Phi) is 17.9. The number of hydrogen-bond donors (Lipinski definition) is 0. The molecule has 0 aromatic carbocycles. The summed E-state index contributed by atoms with van der Waals surface area (Å²) in [4.78, 5) is 10.9. The number of hydrogen-bond acceptors (Lipinski definition) is 3. The lowest BCUT2D eigenvalue weighted by Crippen LogP contribution is -3.00. The van der Waals surface area contributed by atoms with Crippen LogP contribution >= 0.6 is 0 Å². The van der Waals surface area contributed by atoms with Gasteiger partial charge < -0.3 is 28.7 Å². The Morgan fingerprint density at radius 1 is 0.929 bits per heavy atom. The molecule has 1 heterocycles. The number of carbonyl (C=O) groups excluding carboxylic acids is 1. The molecule has 1 aromatic heterocycles. The first-order valence-electron chi connectivity index (χ1n) is 11.2. The molecule has 0 aliphatic heterocycles. The molecule has 0 radical (unpaired) electrons. The Morgan fingerprint density at radius 2 is 1.39 bits per heavy atom. The van der Waals surface area contributed by atoms with Crippen molar-refractivity contribution in [3.8, 4) is 0 Å². The van der Waals surface area contributed by atoms with Crippen LogP contribution in [0.4, 0.5) is 0 Å². The normalized spacial score (nSPS) is 10.7. The fraction of sp³-hybridized carbons (Fsp3) is 0.864. The minimum Gasteiger partial charge on any atom is -1.00 e. The standard InChI is InChI=1S/C22H42N3O2.HI/c1-4-5-6-7-8-9-10-11-12-13-14-15-16-17-18-25-19-22(24(3)23-25)20-27-21(2)26;/h19H,4-18,20H2,1-3H3;1H/q+1;/p-1. The fourth-order valence-corrected chi connectivity index (χ4v) is 3.40. The second kappa shape index (κ2) is 18.4. The van der Waals surface area contributed by atoms with Crippen molar-refractivity contribution in [1.82, 2.24) is 9.90 Å². The van der Waals surface area contributed by atoms with Crippen molar-refractivity contribution in [3.05, 3.63) is 11.9 Å². The SMILES string of the molecule is CCCCCCCCCCCCCCCC[n+]1cc(COC(C)=O)n(C)n1.[I-]. The molecule has 5 nitrogen and oxygen atoms in total. The minimum absolute atomic E-state index is 0. The molecule has 0 spiro atoms. The van der Waals surface area contributed by atoms with Crippen LogP contribution in [0.5, 0.6) is 0 Å². The van der Waals surface area contributed by atoms with Crippen LogP contribution in [-0.4, -0.2) is 15.9 Å². The number of nitrogens with zero attached hydrogens (tertiary/aromatic N) is 3. The van der Waals surface area contributed by atoms with Crippen LogP contribution in [0.3, 0.4) is 0 Å². The van der Waals surface area contributed by atoms with Crippen molar-refractivity contribution >= 4 is 5.97 Å². The minimum atomic E-state index is -0.255. The van der Waals surface area contributed by atoms with Gasteiger partial charge >= 0.3 is 5.97 Å². The van der Waals surface area contributed by atoms with E-state index in [9.17, 15) is 4.79 Å². The van der Waals surface area contributed by atoms with E-state index in [1.54, 1.807) is 4.68 Å². The topological polar surface area (TPSA) is 48.0 Å². The van der Waals surface area contributed by atoms with E-state index in [-0.39, 0.29) is 29.9 Å². The Bertz CT molecular complexity index is 506. The monoisotopic (exact) mass is 507 g/mol. The van der Waals surface area contributed by atoms with E-state index in [1.807, 2.05) is 17.9 Å². The van der Waals surface area contributed by atoms with Gasteiger partial charge in [0.25, 0.3) is 0 Å². The summed E-state index contributed by atoms with van der Waals surface area (Å²) >= 11 is 0. The average molecular weight is 508 g/mol. The molecule has 0 N–H and O–H groups in total. The van der Waals surface area contributed by atoms with Crippen LogP contribution in [0.25, 0.3) is 0 Å². The summed E-state index contributed by atoms with van der Waals surface area (Å²) in [6, 6.07) is 0. The highest BCUT2D eigenvalue weighted by molar-refractivity contribution is 5.65. The van der Waals surface area contributed by atoms with Gasteiger partial charge in [-0.25, -0.2) is 0 Å². The number of unbranched alkanes of at least 4 members (excludes halogenated alkanes) is 13. The van der Waals surface area contributed by atoms with Crippen molar-refractivity contribution in [1.29, 1.82) is 0 Å². The second-order valence-corrected chi connectivity index (χ2v) is 7.77. The summed E-state index contributed by atoms with van der Waals surface area (Å²) in [6.07, 6.45) is 21.2. The number of halogens is 1. The van der Waals surface area contributed by atoms with Gasteiger partial charge in [-0.15, -0.1) is 9.36 Å². The lowest BCUT2D eigenvalue weighted by molar-refractivity contribution is -0.755. The summed E-state index contributed by atoms with van der Waals surface area (Å²) in [5.41, 5.74) is 0.926. The molecule has 28 heavy (non-hydrogen) atoms. The maximum absolute atomic E-state index is 10.9. The number of carbonyl (C=O) groups is 1. The van der Waals surface area contributed by atoms with Gasteiger partial charge in [-0.1, -0.05) is 84.0 Å². The highest BCUT2D eigenvalue weighted by atomic mass is 127. The van der Waals surface area contributed by atoms with Gasteiger partial charge in [0.2, 0.25) is 5.69 Å². The van der Waals surface area contributed by atoms with Crippen LogP contribution in [0, 0.1) is 0 Å². The Balaban J connectivity index is 0.00000729. The van der Waals surface area contributed by atoms with E-state index in [2.05, 4.69) is 12.1 Å². The summed E-state index contributed by atoms with van der Waals surface area (Å²) in [5.74, 6) is -0.255. The zero-order valence-corrected chi connectivity index (χ0v) is 20.6. The molecule has 0 amide bonds. The third-order valence-corrected chi connectivity index (χ3v) is 5.13. The molecule has 164 valence electrons. The van der Waals surface area contributed by atoms with Crippen molar-refractivity contribution in [2.24, 2.45) is 7.05 Å². The molecule has 0 saturated heterocycles. The summed E-state index contributed by atoms with van der Waals surface area (Å²) in [5, 5.41) is 4.43. The first-order valence-corrected chi connectivity index (χ1v) is 11.2. The second-order valence-electron chi connectivity index (χ2n) is 7.77. The summed E-state index contributed by atoms with van der Waals surface area (Å²) < 4.78 is 8.78. The van der Waals surface area contributed by atoms with Gasteiger partial charge in [0, 0.05) is 6.92 Å². The van der Waals surface area contributed by atoms with E-state index < -0.39 is 0 Å². The summed E-state index contributed by atoms with van der Waals surface area (Å²) in [7, 11) is 1.89. The molecular formula is C22H42IN3O2. The number of aromatic nitrogens is 3. The number of aryl methyl sites for hydroxylation is 2. The van der Waals surface area contributed by atoms with E-state index in [0.717, 1.165) is 18.7 Å². The number of esters is 1. The van der Waals surface area contributed by atoms with E-state index in [1.165, 1.54) is 90.4 Å². The maximum Gasteiger partial charge on any atom is 0.303 e. The maximum atomic E-state index is 10.9. The number of ether oxygens (including phenoxy) is 1. The van der Waals surface area contributed by atoms with Crippen LogP contribution < -0.4 is 28.7 Å². The van der Waals surface area contributed by atoms with Crippen LogP contribution in [0.1, 0.15) is 109 Å². The third-order valence-electron chi connectivity index (χ3n) is 5.13. The van der Waals surface area contributed by atoms with Crippen LogP contribution in [0.2, 0.25) is 0 Å². The summed E-state index contributed by atoms with van der Waals surface area (Å²) in [6.45, 7) is 4.94. The van der Waals surface area contributed by atoms with Crippen molar-refractivity contribution < 1.29 is 38.2 Å². The van der Waals surface area contributed by atoms with Crippen molar-refractivity contribution in [2.45, 2.75) is 117 Å². The van der Waals surface area contributed by atoms with E-state index >= 15 is 0 Å². The molecule has 1 rings (SSSR count). The number of rotatable bonds is 17. The van der Waals surface area contributed by atoms with Crippen LogP contribution in [-0.2, 0) is 29.7 Å². The molecular weight excluding hydrogens is 465 g/mol. The molecule has 0 bridgehead atoms. The van der Waals surface area contributed by atoms with Crippen molar-refractivity contribution in [2.75, 3.05) is 0 Å².